The number of Topliss-reactive ketones (excluding diaryl/α,β-unsaturated/α-hetero) is 2. The molecule has 0 saturated carbocycles. The molecule has 0 radical (unpaired) electrons. The molecule has 0 atom stereocenters. The van der Waals surface area contributed by atoms with Crippen molar-refractivity contribution in [1.29, 1.82) is 0 Å². The number of benzene rings is 1. The van der Waals surface area contributed by atoms with Crippen molar-refractivity contribution >= 4 is 28.0 Å². The molecule has 0 amide bonds. The zero-order valence-corrected chi connectivity index (χ0v) is 17.7. The number of aryl methyl sites for hydroxylation is 1. The smallest absolute Gasteiger partial charge is 0.163 e. The van der Waals surface area contributed by atoms with Crippen LogP contribution in [0.15, 0.2) is 18.2 Å². The molecule has 150 valence electrons. The number of hydrogen-bond donors (Lipinski definition) is 1. The minimum Gasteiger partial charge on any atom is -0.343 e. The molecule has 0 bridgehead atoms. The van der Waals surface area contributed by atoms with E-state index in [4.69, 9.17) is 0 Å². The second-order valence-corrected chi connectivity index (χ2v) is 7.71. The molecular weight excluding hydrogens is 348 g/mol. The van der Waals surface area contributed by atoms with Crippen molar-refractivity contribution in [3.8, 4) is 0 Å². The van der Waals surface area contributed by atoms with E-state index in [1.807, 2.05) is 6.07 Å². The molecule has 1 aromatic heterocycles. The summed E-state index contributed by atoms with van der Waals surface area (Å²) in [5, 5.41) is 4.65. The van der Waals surface area contributed by atoms with Gasteiger partial charge in [-0.1, -0.05) is 19.9 Å². The first-order valence-corrected chi connectivity index (χ1v) is 10.6. The van der Waals surface area contributed by atoms with Gasteiger partial charge in [-0.25, -0.2) is 0 Å². The molecule has 3 rings (SSSR count). The Hall–Kier alpha value is -2.20. The fourth-order valence-corrected chi connectivity index (χ4v) is 4.46. The Balaban J connectivity index is 2.21. The van der Waals surface area contributed by atoms with Gasteiger partial charge >= 0.3 is 0 Å². The molecule has 1 aliphatic carbocycles. The Labute approximate surface area is 168 Å². The van der Waals surface area contributed by atoms with Crippen LogP contribution in [0.5, 0.6) is 0 Å². The van der Waals surface area contributed by atoms with E-state index in [0.717, 1.165) is 44.5 Å². The van der Waals surface area contributed by atoms with Gasteiger partial charge in [0.15, 0.2) is 5.78 Å². The van der Waals surface area contributed by atoms with Gasteiger partial charge in [0.1, 0.15) is 5.78 Å². The first kappa shape index (κ1) is 20.5. The van der Waals surface area contributed by atoms with Gasteiger partial charge in [-0.2, -0.15) is 0 Å². The summed E-state index contributed by atoms with van der Waals surface area (Å²) in [5.41, 5.74) is 7.04. The standard InChI is InChI=1S/C24H32N2O2/c1-5-7-18(9-8-16(3)27)23-17(4)26(15-14-25-6-2)21-12-10-19-20(24(21)23)11-13-22(19)28/h7,10,12,25H,5-6,8-9,11,13-15H2,1-4H3/b18-7-. The minimum absolute atomic E-state index is 0.218. The van der Waals surface area contributed by atoms with Crippen molar-refractivity contribution in [3.05, 3.63) is 40.6 Å². The molecule has 0 unspecified atom stereocenters. The zero-order valence-electron chi connectivity index (χ0n) is 17.7. The van der Waals surface area contributed by atoms with Crippen LogP contribution in [-0.2, 0) is 17.8 Å². The Morgan fingerprint density at radius 2 is 2.00 bits per heavy atom. The third kappa shape index (κ3) is 3.83. The van der Waals surface area contributed by atoms with Crippen LogP contribution < -0.4 is 5.32 Å². The first-order chi connectivity index (χ1) is 13.5. The monoisotopic (exact) mass is 380 g/mol. The highest BCUT2D eigenvalue weighted by molar-refractivity contribution is 6.08. The molecule has 0 aliphatic heterocycles. The summed E-state index contributed by atoms with van der Waals surface area (Å²) in [5.74, 6) is 0.474. The van der Waals surface area contributed by atoms with E-state index in [0.29, 0.717) is 12.8 Å². The number of carbonyl (C=O) groups is 2. The van der Waals surface area contributed by atoms with Crippen LogP contribution in [0.25, 0.3) is 16.5 Å². The Kier molecular flexibility index (Phi) is 6.50. The third-order valence-corrected chi connectivity index (χ3v) is 5.78. The largest absolute Gasteiger partial charge is 0.343 e. The predicted molar refractivity (Wildman–Crippen MR) is 116 cm³/mol. The summed E-state index contributed by atoms with van der Waals surface area (Å²) in [6.45, 7) is 10.9. The highest BCUT2D eigenvalue weighted by Crippen LogP contribution is 2.40. The number of nitrogens with zero attached hydrogens (tertiary/aromatic N) is 1. The van der Waals surface area contributed by atoms with Crippen molar-refractivity contribution in [2.24, 2.45) is 0 Å². The van der Waals surface area contributed by atoms with Gasteiger partial charge in [-0.3, -0.25) is 4.79 Å². The first-order valence-electron chi connectivity index (χ1n) is 10.6. The van der Waals surface area contributed by atoms with E-state index in [-0.39, 0.29) is 11.6 Å². The second-order valence-electron chi connectivity index (χ2n) is 7.71. The molecule has 1 aliphatic rings. The van der Waals surface area contributed by atoms with Crippen LogP contribution in [0, 0.1) is 6.92 Å². The fraction of sp³-hybridized carbons (Fsp3) is 0.500. The van der Waals surface area contributed by atoms with Crippen LogP contribution in [-0.4, -0.2) is 29.2 Å². The van der Waals surface area contributed by atoms with Gasteiger partial charge in [0.25, 0.3) is 0 Å². The number of ketones is 2. The van der Waals surface area contributed by atoms with Crippen molar-refractivity contribution in [2.45, 2.75) is 66.3 Å². The van der Waals surface area contributed by atoms with Gasteiger partial charge < -0.3 is 14.7 Å². The third-order valence-electron chi connectivity index (χ3n) is 5.78. The highest BCUT2D eigenvalue weighted by atomic mass is 16.1. The lowest BCUT2D eigenvalue weighted by molar-refractivity contribution is -0.116. The molecule has 2 aromatic rings. The minimum atomic E-state index is 0.218. The molecular formula is C24H32N2O2. The molecule has 0 fully saturated rings. The quantitative estimate of drug-likeness (QED) is 0.633. The number of hydrogen-bond acceptors (Lipinski definition) is 3. The number of carbonyl (C=O) groups excluding carboxylic acids is 2. The summed E-state index contributed by atoms with van der Waals surface area (Å²) >= 11 is 0. The number of fused-ring (bicyclic) bond motifs is 3. The molecule has 4 nitrogen and oxygen atoms in total. The van der Waals surface area contributed by atoms with Crippen LogP contribution in [0.2, 0.25) is 0 Å². The zero-order chi connectivity index (χ0) is 20.3. The summed E-state index contributed by atoms with van der Waals surface area (Å²) in [6, 6.07) is 4.13. The van der Waals surface area contributed by atoms with Gasteiger partial charge in [-0.05, 0) is 62.9 Å². The Morgan fingerprint density at radius 3 is 2.68 bits per heavy atom. The summed E-state index contributed by atoms with van der Waals surface area (Å²) < 4.78 is 2.38. The van der Waals surface area contributed by atoms with E-state index in [1.165, 1.54) is 33.3 Å². The van der Waals surface area contributed by atoms with Gasteiger partial charge in [0.05, 0.1) is 0 Å². The van der Waals surface area contributed by atoms with Crippen molar-refractivity contribution < 1.29 is 9.59 Å². The summed E-state index contributed by atoms with van der Waals surface area (Å²) in [7, 11) is 0. The van der Waals surface area contributed by atoms with Crippen LogP contribution in [0.1, 0.15) is 73.6 Å². The maximum atomic E-state index is 12.4. The van der Waals surface area contributed by atoms with E-state index in [9.17, 15) is 9.59 Å². The number of aromatic nitrogens is 1. The second kappa shape index (κ2) is 8.87. The maximum absolute atomic E-state index is 12.4. The van der Waals surface area contributed by atoms with Crippen LogP contribution in [0.4, 0.5) is 0 Å². The normalized spacial score (nSPS) is 14.1. The van der Waals surface area contributed by atoms with Gasteiger partial charge in [-0.15, -0.1) is 0 Å². The molecule has 4 heteroatoms. The highest BCUT2D eigenvalue weighted by Gasteiger charge is 2.27. The van der Waals surface area contributed by atoms with Crippen molar-refractivity contribution in [2.75, 3.05) is 13.1 Å². The Morgan fingerprint density at radius 1 is 1.21 bits per heavy atom. The van der Waals surface area contributed by atoms with Crippen molar-refractivity contribution in [3.63, 3.8) is 0 Å². The predicted octanol–water partition coefficient (Wildman–Crippen LogP) is 4.85. The summed E-state index contributed by atoms with van der Waals surface area (Å²) in [6.07, 6.45) is 5.94. The van der Waals surface area contributed by atoms with Crippen LogP contribution >= 0.6 is 0 Å². The topological polar surface area (TPSA) is 51.1 Å². The molecule has 28 heavy (non-hydrogen) atoms. The molecule has 1 N–H and O–H groups in total. The van der Waals surface area contributed by atoms with Crippen LogP contribution in [0.3, 0.4) is 0 Å². The lowest BCUT2D eigenvalue weighted by Crippen LogP contribution is -2.19. The molecule has 1 aromatic carbocycles. The lowest BCUT2D eigenvalue weighted by atomic mass is 9.93. The molecule has 0 spiro atoms. The fourth-order valence-electron chi connectivity index (χ4n) is 4.46. The maximum Gasteiger partial charge on any atom is 0.163 e. The van der Waals surface area contributed by atoms with E-state index < -0.39 is 0 Å². The lowest BCUT2D eigenvalue weighted by Gasteiger charge is -2.11. The SMILES string of the molecule is CC/C=C(/CCC(C)=O)c1c(C)n(CCNCC)c2ccc3c(c12)CCC3=O. The number of likely N-dealkylation sites (N-methyl/N-ethyl adjacent to an activating group) is 1. The van der Waals surface area contributed by atoms with E-state index in [2.05, 4.69) is 42.8 Å². The average Bonchev–Trinajstić information content (AvgIpc) is 3.17. The summed E-state index contributed by atoms with van der Waals surface area (Å²) in [4.78, 5) is 24.0. The van der Waals surface area contributed by atoms with Gasteiger partial charge in [0, 0.05) is 53.7 Å². The average molecular weight is 381 g/mol. The Bertz CT molecular complexity index is 934. The van der Waals surface area contributed by atoms with Gasteiger partial charge in [0.2, 0.25) is 0 Å². The van der Waals surface area contributed by atoms with E-state index >= 15 is 0 Å². The number of nitrogens with one attached hydrogen (secondary N) is 1. The number of rotatable bonds is 9. The molecule has 0 saturated heterocycles. The molecule has 1 heterocycles. The number of allylic oxidation sites excluding steroid dienone is 2. The van der Waals surface area contributed by atoms with Crippen molar-refractivity contribution in [1.82, 2.24) is 9.88 Å². The van der Waals surface area contributed by atoms with E-state index in [1.54, 1.807) is 6.92 Å².